The van der Waals surface area contributed by atoms with Crippen LogP contribution in [0.15, 0.2) is 23.0 Å². The molecule has 0 unspecified atom stereocenters. The Morgan fingerprint density at radius 2 is 2.13 bits per heavy atom. The topological polar surface area (TPSA) is 81.0 Å². The molecule has 0 aliphatic carbocycles. The lowest BCUT2D eigenvalue weighted by Crippen LogP contribution is -2.49. The molecule has 6 nitrogen and oxygen atoms in total. The molecule has 1 aromatic carbocycles. The molecule has 0 spiro atoms. The van der Waals surface area contributed by atoms with Crippen molar-refractivity contribution in [3.8, 4) is 0 Å². The molecule has 1 aromatic heterocycles. The van der Waals surface area contributed by atoms with Crippen LogP contribution in [0.2, 0.25) is 0 Å². The molecule has 0 radical (unpaired) electrons. The second kappa shape index (κ2) is 6.58. The molecular weight excluding hydrogens is 292 g/mol. The van der Waals surface area contributed by atoms with Gasteiger partial charge in [-0.2, -0.15) is 0 Å². The number of likely N-dealkylation sites (N-methyl/N-ethyl adjacent to an activating group) is 1. The molecule has 0 bridgehead atoms. The summed E-state index contributed by atoms with van der Waals surface area (Å²) >= 11 is 0. The fourth-order valence-electron chi connectivity index (χ4n) is 3.38. The van der Waals surface area contributed by atoms with Crippen LogP contribution in [0.1, 0.15) is 44.7 Å². The minimum absolute atomic E-state index is 0.0213. The smallest absolute Gasteiger partial charge is 0.323 e. The Balaban J connectivity index is 1.72. The van der Waals surface area contributed by atoms with Crippen molar-refractivity contribution in [2.75, 3.05) is 13.1 Å². The molecule has 1 fully saturated rings. The fourth-order valence-corrected chi connectivity index (χ4v) is 3.38. The molecule has 1 saturated heterocycles. The number of carbonyl (C=O) groups excluding carboxylic acids is 1. The number of nitrogens with zero attached hydrogens (tertiary/aromatic N) is 1. The van der Waals surface area contributed by atoms with Gasteiger partial charge < -0.3 is 15.3 Å². The monoisotopic (exact) mass is 316 g/mol. The van der Waals surface area contributed by atoms with Crippen LogP contribution in [0.25, 0.3) is 11.0 Å². The second-order valence-electron chi connectivity index (χ2n) is 6.25. The van der Waals surface area contributed by atoms with E-state index in [1.54, 1.807) is 0 Å². The van der Waals surface area contributed by atoms with E-state index in [9.17, 15) is 9.59 Å². The Morgan fingerprint density at radius 1 is 1.35 bits per heavy atom. The number of H-pyrrole nitrogens is 2. The molecular formula is C17H24N4O2. The number of hydrogen-bond acceptors (Lipinski definition) is 3. The van der Waals surface area contributed by atoms with Gasteiger partial charge in [0.15, 0.2) is 0 Å². The van der Waals surface area contributed by atoms with Crippen LogP contribution < -0.4 is 11.0 Å². The molecule has 1 amide bonds. The van der Waals surface area contributed by atoms with E-state index in [1.165, 1.54) is 6.42 Å². The molecule has 3 N–H and O–H groups in total. The standard InChI is InChI=1S/C17H24N4O2/c1-3-21-9-5-4-6-15(21)16(22)18-11(2)12-7-8-13-14(10-12)20-17(23)19-13/h7-8,10-11,15H,3-6,9H2,1-2H3,(H,18,22)(H2,19,20,23)/t11-,15+/m1/s1. The fraction of sp³-hybridized carbons (Fsp3) is 0.529. The van der Waals surface area contributed by atoms with Gasteiger partial charge in [-0.15, -0.1) is 0 Å². The molecule has 2 heterocycles. The van der Waals surface area contributed by atoms with E-state index in [0.717, 1.165) is 42.5 Å². The molecule has 23 heavy (non-hydrogen) atoms. The molecule has 3 rings (SSSR count). The van der Waals surface area contributed by atoms with Crippen LogP contribution in [-0.4, -0.2) is 39.9 Å². The van der Waals surface area contributed by atoms with Gasteiger partial charge in [-0.25, -0.2) is 4.79 Å². The number of rotatable bonds is 4. The van der Waals surface area contributed by atoms with E-state index in [2.05, 4.69) is 27.1 Å². The van der Waals surface area contributed by atoms with E-state index in [4.69, 9.17) is 0 Å². The highest BCUT2D eigenvalue weighted by Crippen LogP contribution is 2.20. The lowest BCUT2D eigenvalue weighted by atomic mass is 10.0. The Kier molecular flexibility index (Phi) is 4.52. The number of amides is 1. The van der Waals surface area contributed by atoms with Gasteiger partial charge in [0, 0.05) is 0 Å². The minimum atomic E-state index is -0.213. The summed E-state index contributed by atoms with van der Waals surface area (Å²) in [5.41, 5.74) is 2.32. The van der Waals surface area contributed by atoms with Crippen LogP contribution >= 0.6 is 0 Å². The highest BCUT2D eigenvalue weighted by molar-refractivity contribution is 5.82. The molecule has 2 atom stereocenters. The van der Waals surface area contributed by atoms with Crippen molar-refractivity contribution < 1.29 is 4.79 Å². The number of aromatic amines is 2. The van der Waals surface area contributed by atoms with Gasteiger partial charge in [0.25, 0.3) is 0 Å². The number of hydrogen-bond donors (Lipinski definition) is 3. The van der Waals surface area contributed by atoms with Crippen molar-refractivity contribution in [2.24, 2.45) is 0 Å². The first kappa shape index (κ1) is 15.8. The zero-order valence-electron chi connectivity index (χ0n) is 13.7. The molecule has 2 aromatic rings. The predicted molar refractivity (Wildman–Crippen MR) is 90.4 cm³/mol. The summed E-state index contributed by atoms with van der Waals surface area (Å²) in [4.78, 5) is 31.7. The summed E-state index contributed by atoms with van der Waals surface area (Å²) in [6, 6.07) is 5.61. The Labute approximate surface area is 135 Å². The molecule has 1 aliphatic heterocycles. The molecule has 124 valence electrons. The van der Waals surface area contributed by atoms with Crippen molar-refractivity contribution in [2.45, 2.75) is 45.2 Å². The van der Waals surface area contributed by atoms with Crippen LogP contribution in [0.4, 0.5) is 0 Å². The third kappa shape index (κ3) is 3.32. The predicted octanol–water partition coefficient (Wildman–Crippen LogP) is 1.91. The van der Waals surface area contributed by atoms with Gasteiger partial charge in [-0.1, -0.05) is 19.4 Å². The number of fused-ring (bicyclic) bond motifs is 1. The maximum Gasteiger partial charge on any atom is 0.323 e. The number of nitrogens with one attached hydrogen (secondary N) is 3. The first-order valence-electron chi connectivity index (χ1n) is 8.35. The van der Waals surface area contributed by atoms with Gasteiger partial charge in [0.2, 0.25) is 5.91 Å². The van der Waals surface area contributed by atoms with E-state index in [1.807, 2.05) is 25.1 Å². The van der Waals surface area contributed by atoms with Gasteiger partial charge in [0.1, 0.15) is 0 Å². The van der Waals surface area contributed by atoms with Crippen LogP contribution in [0.3, 0.4) is 0 Å². The third-order valence-corrected chi connectivity index (χ3v) is 4.72. The van der Waals surface area contributed by atoms with E-state index in [0.29, 0.717) is 0 Å². The Morgan fingerprint density at radius 3 is 2.91 bits per heavy atom. The number of imidazole rings is 1. The van der Waals surface area contributed by atoms with E-state index < -0.39 is 0 Å². The van der Waals surface area contributed by atoms with Crippen molar-refractivity contribution in [1.82, 2.24) is 20.2 Å². The molecule has 0 saturated carbocycles. The summed E-state index contributed by atoms with van der Waals surface area (Å²) in [7, 11) is 0. The molecule has 1 aliphatic rings. The van der Waals surface area contributed by atoms with Crippen LogP contribution in [0, 0.1) is 0 Å². The largest absolute Gasteiger partial charge is 0.348 e. The number of benzene rings is 1. The zero-order valence-corrected chi connectivity index (χ0v) is 13.7. The van der Waals surface area contributed by atoms with Crippen LogP contribution in [0.5, 0.6) is 0 Å². The average molecular weight is 316 g/mol. The lowest BCUT2D eigenvalue weighted by molar-refractivity contribution is -0.128. The number of likely N-dealkylation sites (tertiary alicyclic amines) is 1. The minimum Gasteiger partial charge on any atom is -0.348 e. The van der Waals surface area contributed by atoms with Crippen molar-refractivity contribution >= 4 is 16.9 Å². The van der Waals surface area contributed by atoms with E-state index >= 15 is 0 Å². The SMILES string of the molecule is CCN1CCCC[C@H]1C(=O)N[C@H](C)c1ccc2[nH]c(=O)[nH]c2c1. The summed E-state index contributed by atoms with van der Waals surface area (Å²) in [5, 5.41) is 3.12. The average Bonchev–Trinajstić information content (AvgIpc) is 2.93. The van der Waals surface area contributed by atoms with Gasteiger partial charge in [-0.3, -0.25) is 9.69 Å². The highest BCUT2D eigenvalue weighted by Gasteiger charge is 2.28. The lowest BCUT2D eigenvalue weighted by Gasteiger charge is -2.34. The maximum absolute atomic E-state index is 12.6. The van der Waals surface area contributed by atoms with Gasteiger partial charge in [0.05, 0.1) is 23.1 Å². The first-order valence-corrected chi connectivity index (χ1v) is 8.35. The van der Waals surface area contributed by atoms with Gasteiger partial charge >= 0.3 is 5.69 Å². The Bertz CT molecular complexity index is 748. The summed E-state index contributed by atoms with van der Waals surface area (Å²) in [5.74, 6) is 0.0988. The molecule has 6 heteroatoms. The third-order valence-electron chi connectivity index (χ3n) is 4.72. The van der Waals surface area contributed by atoms with Crippen molar-refractivity contribution in [3.63, 3.8) is 0 Å². The first-order chi connectivity index (χ1) is 11.1. The Hall–Kier alpha value is -2.08. The second-order valence-corrected chi connectivity index (χ2v) is 6.25. The van der Waals surface area contributed by atoms with Crippen molar-refractivity contribution in [1.29, 1.82) is 0 Å². The number of aromatic nitrogens is 2. The summed E-state index contributed by atoms with van der Waals surface area (Å²) in [6.07, 6.45) is 3.21. The summed E-state index contributed by atoms with van der Waals surface area (Å²) < 4.78 is 0. The maximum atomic E-state index is 12.6. The van der Waals surface area contributed by atoms with Gasteiger partial charge in [-0.05, 0) is 50.6 Å². The van der Waals surface area contributed by atoms with Crippen molar-refractivity contribution in [3.05, 3.63) is 34.2 Å². The highest BCUT2D eigenvalue weighted by atomic mass is 16.2. The number of piperidine rings is 1. The number of carbonyl (C=O) groups is 1. The zero-order chi connectivity index (χ0) is 16.4. The quantitative estimate of drug-likeness (QED) is 0.806. The van der Waals surface area contributed by atoms with Crippen LogP contribution in [-0.2, 0) is 4.79 Å². The summed E-state index contributed by atoms with van der Waals surface area (Å²) in [6.45, 7) is 5.98. The normalized spacial score (nSPS) is 20.5. The van der Waals surface area contributed by atoms with E-state index in [-0.39, 0.29) is 23.7 Å².